The van der Waals surface area contributed by atoms with Gasteiger partial charge in [0, 0.05) is 19.1 Å². The first-order valence-electron chi connectivity index (χ1n) is 5.02. The fraction of sp³-hybridized carbons (Fsp3) is 0.400. The average molecular weight is 217 g/mol. The normalized spacial score (nSPS) is 19.2. The minimum Gasteiger partial charge on any atom is -0.354 e. The van der Waals surface area contributed by atoms with Crippen molar-refractivity contribution in [3.63, 3.8) is 0 Å². The molecule has 0 aromatic carbocycles. The summed E-state index contributed by atoms with van der Waals surface area (Å²) in [5.41, 5.74) is 0.311. The fourth-order valence-corrected chi connectivity index (χ4v) is 1.75. The molecule has 1 aliphatic rings. The van der Waals surface area contributed by atoms with Crippen LogP contribution in [0, 0.1) is 11.3 Å². The molecular formula is C10H11N5O. The van der Waals surface area contributed by atoms with Crippen molar-refractivity contribution < 1.29 is 4.79 Å². The van der Waals surface area contributed by atoms with E-state index >= 15 is 0 Å². The maximum absolute atomic E-state index is 10.3. The van der Waals surface area contributed by atoms with E-state index in [9.17, 15) is 4.79 Å². The maximum Gasteiger partial charge on any atom is 0.207 e. The molecule has 0 bridgehead atoms. The fourth-order valence-electron chi connectivity index (χ4n) is 1.75. The molecule has 1 amide bonds. The lowest BCUT2D eigenvalue weighted by Crippen LogP contribution is -2.31. The topological polar surface area (TPSA) is 81.9 Å². The molecule has 6 heteroatoms. The van der Waals surface area contributed by atoms with Gasteiger partial charge in [0.2, 0.25) is 6.41 Å². The maximum atomic E-state index is 10.3. The largest absolute Gasteiger partial charge is 0.354 e. The summed E-state index contributed by atoms with van der Waals surface area (Å²) in [7, 11) is 0. The molecule has 1 fully saturated rings. The van der Waals surface area contributed by atoms with Gasteiger partial charge in [-0.05, 0) is 18.6 Å². The molecule has 1 N–H and O–H groups in total. The Morgan fingerprint density at radius 3 is 3.06 bits per heavy atom. The number of nitrogens with one attached hydrogen (secondary N) is 1. The van der Waals surface area contributed by atoms with Crippen molar-refractivity contribution in [1.82, 2.24) is 15.5 Å². The van der Waals surface area contributed by atoms with Crippen LogP contribution in [0.4, 0.5) is 5.82 Å². The SMILES string of the molecule is N#Cc1ccc(N2CCC(NC=O)C2)nn1. The van der Waals surface area contributed by atoms with Gasteiger partial charge >= 0.3 is 0 Å². The van der Waals surface area contributed by atoms with Crippen molar-refractivity contribution in [3.8, 4) is 6.07 Å². The van der Waals surface area contributed by atoms with E-state index in [0.717, 1.165) is 31.7 Å². The Morgan fingerprint density at radius 1 is 1.56 bits per heavy atom. The van der Waals surface area contributed by atoms with Crippen molar-refractivity contribution in [1.29, 1.82) is 5.26 Å². The van der Waals surface area contributed by atoms with Crippen LogP contribution in [0.2, 0.25) is 0 Å². The summed E-state index contributed by atoms with van der Waals surface area (Å²) in [5.74, 6) is 0.745. The van der Waals surface area contributed by atoms with E-state index in [-0.39, 0.29) is 6.04 Å². The van der Waals surface area contributed by atoms with Crippen LogP contribution in [0.15, 0.2) is 12.1 Å². The van der Waals surface area contributed by atoms with Crippen LogP contribution in [0.1, 0.15) is 12.1 Å². The zero-order valence-corrected chi connectivity index (χ0v) is 8.63. The third-order valence-corrected chi connectivity index (χ3v) is 2.58. The Kier molecular flexibility index (Phi) is 2.96. The monoisotopic (exact) mass is 217 g/mol. The highest BCUT2D eigenvalue weighted by Gasteiger charge is 2.22. The molecule has 82 valence electrons. The lowest BCUT2D eigenvalue weighted by Gasteiger charge is -2.16. The molecule has 1 unspecified atom stereocenters. The van der Waals surface area contributed by atoms with Gasteiger partial charge in [0.05, 0.1) is 0 Å². The number of nitriles is 1. The number of rotatable bonds is 3. The molecule has 0 radical (unpaired) electrons. The summed E-state index contributed by atoms with van der Waals surface area (Å²) in [6, 6.07) is 5.51. The lowest BCUT2D eigenvalue weighted by atomic mass is 10.3. The van der Waals surface area contributed by atoms with Crippen LogP contribution in [-0.2, 0) is 4.79 Å². The van der Waals surface area contributed by atoms with Gasteiger partial charge in [0.1, 0.15) is 6.07 Å². The van der Waals surface area contributed by atoms with E-state index in [2.05, 4.69) is 15.5 Å². The van der Waals surface area contributed by atoms with Gasteiger partial charge in [-0.2, -0.15) is 5.26 Å². The van der Waals surface area contributed by atoms with Crippen LogP contribution in [0.3, 0.4) is 0 Å². The number of aromatic nitrogens is 2. The first-order valence-corrected chi connectivity index (χ1v) is 5.02. The minimum atomic E-state index is 0.176. The van der Waals surface area contributed by atoms with E-state index in [1.165, 1.54) is 0 Å². The highest BCUT2D eigenvalue weighted by molar-refractivity contribution is 5.48. The van der Waals surface area contributed by atoms with Crippen LogP contribution in [-0.4, -0.2) is 35.7 Å². The quantitative estimate of drug-likeness (QED) is 0.701. The molecule has 0 spiro atoms. The molecule has 0 aliphatic carbocycles. The molecule has 6 nitrogen and oxygen atoms in total. The highest BCUT2D eigenvalue weighted by atomic mass is 16.1. The Hall–Kier alpha value is -2.16. The number of anilines is 1. The average Bonchev–Trinajstić information content (AvgIpc) is 2.78. The number of amides is 1. The molecule has 2 rings (SSSR count). The Labute approximate surface area is 92.9 Å². The number of hydrogen-bond acceptors (Lipinski definition) is 5. The standard InChI is InChI=1S/C10H11N5O/c11-5-8-1-2-10(14-13-8)15-4-3-9(6-15)12-7-16/h1-2,7,9H,3-4,6H2,(H,12,16). The van der Waals surface area contributed by atoms with Gasteiger partial charge in [0.25, 0.3) is 0 Å². The van der Waals surface area contributed by atoms with Crippen molar-refractivity contribution in [2.24, 2.45) is 0 Å². The van der Waals surface area contributed by atoms with Gasteiger partial charge in [0.15, 0.2) is 11.5 Å². The lowest BCUT2D eigenvalue weighted by molar-refractivity contribution is -0.110. The third-order valence-electron chi connectivity index (χ3n) is 2.58. The van der Waals surface area contributed by atoms with Crippen LogP contribution in [0.25, 0.3) is 0 Å². The number of hydrogen-bond donors (Lipinski definition) is 1. The second-order valence-electron chi connectivity index (χ2n) is 3.60. The Bertz CT molecular complexity index is 410. The molecule has 0 saturated carbocycles. The first-order chi connectivity index (χ1) is 7.83. The zero-order valence-electron chi connectivity index (χ0n) is 8.63. The Morgan fingerprint density at radius 2 is 2.44 bits per heavy atom. The van der Waals surface area contributed by atoms with Crippen LogP contribution < -0.4 is 10.2 Å². The minimum absolute atomic E-state index is 0.176. The van der Waals surface area contributed by atoms with E-state index in [4.69, 9.17) is 5.26 Å². The molecule has 1 aromatic rings. The molecule has 2 heterocycles. The number of carbonyl (C=O) groups excluding carboxylic acids is 1. The summed E-state index contributed by atoms with van der Waals surface area (Å²) in [5, 5.41) is 19.1. The van der Waals surface area contributed by atoms with E-state index in [1.54, 1.807) is 12.1 Å². The summed E-state index contributed by atoms with van der Waals surface area (Å²) in [6.07, 6.45) is 1.62. The molecular weight excluding hydrogens is 206 g/mol. The van der Waals surface area contributed by atoms with Gasteiger partial charge in [-0.25, -0.2) is 0 Å². The van der Waals surface area contributed by atoms with Gasteiger partial charge in [-0.1, -0.05) is 0 Å². The third kappa shape index (κ3) is 2.08. The summed E-state index contributed by atoms with van der Waals surface area (Å²) in [4.78, 5) is 12.3. The van der Waals surface area contributed by atoms with E-state index in [1.807, 2.05) is 11.0 Å². The molecule has 1 aromatic heterocycles. The van der Waals surface area contributed by atoms with Crippen molar-refractivity contribution >= 4 is 12.2 Å². The van der Waals surface area contributed by atoms with E-state index < -0.39 is 0 Å². The van der Waals surface area contributed by atoms with Crippen LogP contribution in [0.5, 0.6) is 0 Å². The number of carbonyl (C=O) groups is 1. The molecule has 1 saturated heterocycles. The molecule has 16 heavy (non-hydrogen) atoms. The number of nitrogens with zero attached hydrogens (tertiary/aromatic N) is 4. The second-order valence-corrected chi connectivity index (χ2v) is 3.60. The smallest absolute Gasteiger partial charge is 0.207 e. The summed E-state index contributed by atoms with van der Waals surface area (Å²) < 4.78 is 0. The van der Waals surface area contributed by atoms with Gasteiger partial charge in [-0.15, -0.1) is 10.2 Å². The Balaban J connectivity index is 2.03. The second kappa shape index (κ2) is 4.57. The summed E-state index contributed by atoms with van der Waals surface area (Å²) >= 11 is 0. The zero-order chi connectivity index (χ0) is 11.4. The van der Waals surface area contributed by atoms with Gasteiger partial charge < -0.3 is 10.2 Å². The van der Waals surface area contributed by atoms with Crippen molar-refractivity contribution in [2.45, 2.75) is 12.5 Å². The summed E-state index contributed by atoms with van der Waals surface area (Å²) in [6.45, 7) is 1.57. The highest BCUT2D eigenvalue weighted by Crippen LogP contribution is 2.16. The predicted octanol–water partition coefficient (Wildman–Crippen LogP) is -0.327. The molecule has 1 atom stereocenters. The molecule has 1 aliphatic heterocycles. The predicted molar refractivity (Wildman–Crippen MR) is 56.6 cm³/mol. The van der Waals surface area contributed by atoms with Gasteiger partial charge in [-0.3, -0.25) is 4.79 Å². The van der Waals surface area contributed by atoms with Crippen molar-refractivity contribution in [2.75, 3.05) is 18.0 Å². The van der Waals surface area contributed by atoms with Crippen LogP contribution >= 0.6 is 0 Å². The van der Waals surface area contributed by atoms with E-state index in [0.29, 0.717) is 5.69 Å². The first kappa shape index (κ1) is 10.4. The van der Waals surface area contributed by atoms with Crippen molar-refractivity contribution in [3.05, 3.63) is 17.8 Å².